The molecule has 4 unspecified atom stereocenters. The van der Waals surface area contributed by atoms with Crippen LogP contribution >= 0.6 is 0 Å². The molecule has 3 rings (SSSR count). The van der Waals surface area contributed by atoms with Gasteiger partial charge in [0.2, 0.25) is 5.75 Å². The number of nitrogens with one attached hydrogen (secondary N) is 1. The molecule has 0 saturated carbocycles. The molecule has 12 heteroatoms. The van der Waals surface area contributed by atoms with E-state index in [1.807, 2.05) is 36.4 Å². The Morgan fingerprint density at radius 2 is 1.71 bits per heavy atom. The molecule has 2 aromatic rings. The van der Waals surface area contributed by atoms with Crippen molar-refractivity contribution in [2.45, 2.75) is 96.8 Å². The number of nitrogens with zero attached hydrogens (tertiary/aromatic N) is 1. The average molecular weight is 681 g/mol. The number of aromatic nitrogens is 1. The van der Waals surface area contributed by atoms with Crippen molar-refractivity contribution in [1.82, 2.24) is 10.3 Å². The molecule has 1 amide bonds. The maximum absolute atomic E-state index is 13.5. The van der Waals surface area contributed by atoms with E-state index in [1.165, 1.54) is 26.3 Å². The highest BCUT2D eigenvalue weighted by atomic mass is 16.6. The molecular weight excluding hydrogens is 632 g/mol. The van der Waals surface area contributed by atoms with Crippen LogP contribution in [0.25, 0.3) is 0 Å². The molecule has 4 atom stereocenters. The van der Waals surface area contributed by atoms with Gasteiger partial charge in [0.1, 0.15) is 18.6 Å². The van der Waals surface area contributed by atoms with Crippen molar-refractivity contribution in [3.63, 3.8) is 0 Å². The van der Waals surface area contributed by atoms with Crippen molar-refractivity contribution in [3.8, 4) is 11.5 Å². The second-order valence-corrected chi connectivity index (χ2v) is 12.3. The number of amides is 1. The summed E-state index contributed by atoms with van der Waals surface area (Å²) in [7, 11) is 1.35. The van der Waals surface area contributed by atoms with Crippen LogP contribution in [0.5, 0.6) is 11.5 Å². The molecule has 1 saturated heterocycles. The van der Waals surface area contributed by atoms with E-state index >= 15 is 0 Å². The van der Waals surface area contributed by atoms with Crippen molar-refractivity contribution < 1.29 is 47.7 Å². The summed E-state index contributed by atoms with van der Waals surface area (Å²) in [4.78, 5) is 69.9. The fourth-order valence-electron chi connectivity index (χ4n) is 5.26. The topological polar surface area (TPSA) is 156 Å². The Kier molecular flexibility index (Phi) is 15.7. The van der Waals surface area contributed by atoms with Gasteiger partial charge in [-0.25, -0.2) is 9.78 Å². The van der Waals surface area contributed by atoms with Gasteiger partial charge in [0, 0.05) is 18.7 Å². The molecule has 1 aromatic heterocycles. The zero-order chi connectivity index (χ0) is 35.8. The van der Waals surface area contributed by atoms with E-state index in [1.54, 1.807) is 13.8 Å². The summed E-state index contributed by atoms with van der Waals surface area (Å²) in [5, 5.41) is 2.49. The monoisotopic (exact) mass is 680 g/mol. The quantitative estimate of drug-likeness (QED) is 0.0999. The summed E-state index contributed by atoms with van der Waals surface area (Å²) in [6.45, 7) is 7.96. The van der Waals surface area contributed by atoms with Gasteiger partial charge < -0.3 is 29.0 Å². The lowest BCUT2D eigenvalue weighted by Gasteiger charge is -2.29. The van der Waals surface area contributed by atoms with E-state index in [0.717, 1.165) is 44.1 Å². The molecular formula is C37H48N2O10. The van der Waals surface area contributed by atoms with Crippen molar-refractivity contribution >= 4 is 29.8 Å². The first-order valence-electron chi connectivity index (χ1n) is 16.8. The van der Waals surface area contributed by atoms with Crippen LogP contribution in [0.15, 0.2) is 55.3 Å². The Bertz CT molecular complexity index is 1430. The van der Waals surface area contributed by atoms with Crippen LogP contribution < -0.4 is 14.8 Å². The second-order valence-electron chi connectivity index (χ2n) is 12.3. The highest BCUT2D eigenvalue weighted by molar-refractivity contribution is 5.99. The summed E-state index contributed by atoms with van der Waals surface area (Å²) in [5.74, 6) is -5.33. The molecule has 1 aliphatic rings. The third kappa shape index (κ3) is 12.0. The van der Waals surface area contributed by atoms with E-state index in [0.29, 0.717) is 6.42 Å². The molecule has 0 spiro atoms. The molecule has 1 N–H and O–H groups in total. The van der Waals surface area contributed by atoms with E-state index in [4.69, 9.17) is 23.7 Å². The summed E-state index contributed by atoms with van der Waals surface area (Å²) in [5.41, 5.74) is 0.468. The largest absolute Gasteiger partial charge is 0.493 e. The third-order valence-corrected chi connectivity index (χ3v) is 8.03. The smallest absolute Gasteiger partial charge is 0.332 e. The van der Waals surface area contributed by atoms with E-state index in [-0.39, 0.29) is 30.0 Å². The number of carbonyl (C=O) groups is 5. The maximum Gasteiger partial charge on any atom is 0.332 e. The fourth-order valence-corrected chi connectivity index (χ4v) is 5.26. The number of cyclic esters (lactones) is 2. The SMILES string of the molecule is C=CCCCCCCCCC(=O)Oc1c(OC)ccnc1C(=O)NC1COC(=O)C(Cc2ccccc2)C(OC(=O)C(C)C)C(C)OC1=O. The Hall–Kier alpha value is -4.74. The molecule has 1 fully saturated rings. The number of methoxy groups -OCH3 is 1. The first-order valence-corrected chi connectivity index (χ1v) is 16.8. The van der Waals surface area contributed by atoms with Gasteiger partial charge in [0.05, 0.1) is 13.0 Å². The predicted octanol–water partition coefficient (Wildman–Crippen LogP) is 5.32. The summed E-state index contributed by atoms with van der Waals surface area (Å²) in [6, 6.07) is 9.07. The lowest BCUT2D eigenvalue weighted by Crippen LogP contribution is -2.47. The number of carbonyl (C=O) groups excluding carboxylic acids is 5. The maximum atomic E-state index is 13.5. The predicted molar refractivity (Wildman–Crippen MR) is 180 cm³/mol. The summed E-state index contributed by atoms with van der Waals surface area (Å²) < 4.78 is 27.8. The van der Waals surface area contributed by atoms with E-state index in [2.05, 4.69) is 16.9 Å². The lowest BCUT2D eigenvalue weighted by atomic mass is 9.91. The standard InChI is InChI=1S/C37H48N2O10/c1-6-7-8-9-10-11-12-16-19-30(40)48-33-29(45-5)20-21-38-31(33)34(41)39-28-23-46-36(43)27(22-26-17-14-13-15-18-26)32(25(4)47-37(28)44)49-35(42)24(2)3/h6,13-15,17-18,20-21,24-25,27-28,32H,1,7-12,16,19,22-23H2,2-5H3,(H,39,41). The van der Waals surface area contributed by atoms with Crippen molar-refractivity contribution in [2.24, 2.45) is 11.8 Å². The third-order valence-electron chi connectivity index (χ3n) is 8.03. The highest BCUT2D eigenvalue weighted by Gasteiger charge is 2.42. The minimum absolute atomic E-state index is 0.0892. The average Bonchev–Trinajstić information content (AvgIpc) is 3.12. The van der Waals surface area contributed by atoms with E-state index < -0.39 is 66.5 Å². The zero-order valence-corrected chi connectivity index (χ0v) is 28.8. The number of allylic oxidation sites excluding steroid dienone is 1. The Morgan fingerprint density at radius 1 is 1.02 bits per heavy atom. The number of ether oxygens (including phenoxy) is 5. The molecule has 49 heavy (non-hydrogen) atoms. The van der Waals surface area contributed by atoms with Crippen molar-refractivity contribution in [1.29, 1.82) is 0 Å². The molecule has 266 valence electrons. The van der Waals surface area contributed by atoms with Crippen LogP contribution in [-0.4, -0.2) is 66.7 Å². The number of rotatable bonds is 17. The Labute approximate surface area is 287 Å². The molecule has 0 aliphatic carbocycles. The number of pyridine rings is 1. The Morgan fingerprint density at radius 3 is 2.39 bits per heavy atom. The first kappa shape index (κ1) is 38.7. The van der Waals surface area contributed by atoms with E-state index in [9.17, 15) is 24.0 Å². The van der Waals surface area contributed by atoms with Gasteiger partial charge in [0.25, 0.3) is 5.91 Å². The van der Waals surface area contributed by atoms with Crippen LogP contribution in [0.1, 0.15) is 88.2 Å². The van der Waals surface area contributed by atoms with Gasteiger partial charge in [-0.1, -0.05) is 75.9 Å². The normalized spacial score (nSPS) is 19.4. The van der Waals surface area contributed by atoms with Gasteiger partial charge in [-0.3, -0.25) is 19.2 Å². The molecule has 12 nitrogen and oxygen atoms in total. The molecule has 1 aromatic carbocycles. The number of hydrogen-bond acceptors (Lipinski definition) is 11. The van der Waals surface area contributed by atoms with Gasteiger partial charge in [-0.15, -0.1) is 6.58 Å². The number of esters is 4. The molecule has 0 bridgehead atoms. The number of benzene rings is 1. The molecule has 1 aliphatic heterocycles. The van der Waals surface area contributed by atoms with Crippen LogP contribution in [0, 0.1) is 11.8 Å². The van der Waals surface area contributed by atoms with Crippen molar-refractivity contribution in [3.05, 3.63) is 66.5 Å². The summed E-state index contributed by atoms with van der Waals surface area (Å²) >= 11 is 0. The Balaban J connectivity index is 1.74. The molecule has 2 heterocycles. The number of unbranched alkanes of at least 4 members (excludes halogenated alkanes) is 6. The van der Waals surface area contributed by atoms with Gasteiger partial charge in [-0.2, -0.15) is 0 Å². The summed E-state index contributed by atoms with van der Waals surface area (Å²) in [6.07, 6.45) is 7.95. The van der Waals surface area contributed by atoms with Crippen LogP contribution in [0.4, 0.5) is 0 Å². The number of hydrogen-bond donors (Lipinski definition) is 1. The second kappa shape index (κ2) is 19.9. The van der Waals surface area contributed by atoms with Gasteiger partial charge in [0.15, 0.2) is 23.6 Å². The van der Waals surface area contributed by atoms with Crippen LogP contribution in [-0.2, 0) is 39.8 Å². The highest BCUT2D eigenvalue weighted by Crippen LogP contribution is 2.31. The van der Waals surface area contributed by atoms with Crippen LogP contribution in [0.3, 0.4) is 0 Å². The van der Waals surface area contributed by atoms with Gasteiger partial charge >= 0.3 is 23.9 Å². The minimum Gasteiger partial charge on any atom is -0.493 e. The van der Waals surface area contributed by atoms with Gasteiger partial charge in [-0.05, 0) is 38.2 Å². The fraction of sp³-hybridized carbons (Fsp3) is 0.514. The van der Waals surface area contributed by atoms with Crippen molar-refractivity contribution in [2.75, 3.05) is 13.7 Å². The zero-order valence-electron chi connectivity index (χ0n) is 28.8. The first-order chi connectivity index (χ1) is 23.5. The lowest BCUT2D eigenvalue weighted by molar-refractivity contribution is -0.176. The minimum atomic E-state index is -1.46. The molecule has 0 radical (unpaired) electrons. The van der Waals surface area contributed by atoms with Crippen LogP contribution in [0.2, 0.25) is 0 Å².